The van der Waals surface area contributed by atoms with Crippen LogP contribution in [0.4, 0.5) is 0 Å². The fourth-order valence-corrected chi connectivity index (χ4v) is 3.72. The van der Waals surface area contributed by atoms with Crippen molar-refractivity contribution < 1.29 is 9.53 Å². The molecule has 4 nitrogen and oxygen atoms in total. The molecule has 0 unspecified atom stereocenters. The van der Waals surface area contributed by atoms with Gasteiger partial charge in [0.25, 0.3) is 5.91 Å². The van der Waals surface area contributed by atoms with E-state index in [0.29, 0.717) is 21.8 Å². The average Bonchev–Trinajstić information content (AvgIpc) is 2.83. The Hall–Kier alpha value is -0.970. The number of hydrogen-bond donors (Lipinski definition) is 0. The van der Waals surface area contributed by atoms with Gasteiger partial charge in [0.2, 0.25) is 0 Å². The van der Waals surface area contributed by atoms with Crippen LogP contribution in [0.3, 0.4) is 0 Å². The molecule has 2 heterocycles. The van der Waals surface area contributed by atoms with Gasteiger partial charge in [-0.2, -0.15) is 0 Å². The lowest BCUT2D eigenvalue weighted by Crippen LogP contribution is -2.41. The van der Waals surface area contributed by atoms with Gasteiger partial charge in [-0.15, -0.1) is 0 Å². The molecule has 1 amide bonds. The Bertz CT molecular complexity index is 553. The van der Waals surface area contributed by atoms with Crippen LogP contribution in [0.5, 0.6) is 5.75 Å². The summed E-state index contributed by atoms with van der Waals surface area (Å²) in [6, 6.07) is 5.53. The number of hydrogen-bond acceptors (Lipinski definition) is 3. The molecule has 3 rings (SSSR count). The highest BCUT2D eigenvalue weighted by atomic mass is 35.5. The lowest BCUT2D eigenvalue weighted by molar-refractivity contribution is -0.133. The minimum Gasteiger partial charge on any atom is -0.482 e. The van der Waals surface area contributed by atoms with Crippen molar-refractivity contribution in [2.24, 2.45) is 0 Å². The van der Waals surface area contributed by atoms with E-state index in [0.717, 1.165) is 26.1 Å². The Morgan fingerprint density at radius 3 is 2.86 bits per heavy atom. The third-order valence-corrected chi connectivity index (χ3v) is 4.93. The highest BCUT2D eigenvalue weighted by molar-refractivity contribution is 6.35. The van der Waals surface area contributed by atoms with Gasteiger partial charge in [-0.3, -0.25) is 9.69 Å². The summed E-state index contributed by atoms with van der Waals surface area (Å²) < 4.78 is 5.56. The first-order valence-corrected chi connectivity index (χ1v) is 8.49. The molecule has 0 radical (unpaired) electrons. The van der Waals surface area contributed by atoms with E-state index in [1.165, 1.54) is 19.4 Å². The molecule has 0 bridgehead atoms. The fraction of sp³-hybridized carbons (Fsp3) is 0.562. The van der Waals surface area contributed by atoms with Gasteiger partial charge < -0.3 is 9.64 Å². The molecular weight excluding hydrogens is 323 g/mol. The van der Waals surface area contributed by atoms with Crippen LogP contribution in [0, 0.1) is 0 Å². The zero-order valence-corrected chi connectivity index (χ0v) is 13.9. The second kappa shape index (κ2) is 7.07. The van der Waals surface area contributed by atoms with Gasteiger partial charge in [0.05, 0.1) is 5.02 Å². The number of ether oxygens (including phenoxy) is 1. The van der Waals surface area contributed by atoms with E-state index in [9.17, 15) is 4.79 Å². The number of nitrogens with zero attached hydrogens (tertiary/aromatic N) is 2. The maximum Gasteiger partial charge on any atom is 0.260 e. The smallest absolute Gasteiger partial charge is 0.260 e. The van der Waals surface area contributed by atoms with Crippen LogP contribution >= 0.6 is 23.2 Å². The number of carbonyl (C=O) groups excluding carboxylic acids is 1. The maximum absolute atomic E-state index is 12.4. The zero-order chi connectivity index (χ0) is 15.5. The van der Waals surface area contributed by atoms with E-state index >= 15 is 0 Å². The van der Waals surface area contributed by atoms with E-state index in [1.54, 1.807) is 18.2 Å². The van der Waals surface area contributed by atoms with E-state index in [1.807, 2.05) is 4.90 Å². The fourth-order valence-electron chi connectivity index (χ4n) is 3.26. The molecule has 22 heavy (non-hydrogen) atoms. The lowest BCUT2D eigenvalue weighted by Gasteiger charge is -2.25. The molecule has 0 N–H and O–H groups in total. The first kappa shape index (κ1) is 15.9. The van der Waals surface area contributed by atoms with E-state index < -0.39 is 0 Å². The Labute approximate surface area is 140 Å². The monoisotopic (exact) mass is 342 g/mol. The number of amides is 1. The zero-order valence-electron chi connectivity index (χ0n) is 12.4. The maximum atomic E-state index is 12.4. The van der Waals surface area contributed by atoms with Gasteiger partial charge in [-0.1, -0.05) is 23.2 Å². The first-order valence-electron chi connectivity index (χ1n) is 7.73. The predicted molar refractivity (Wildman–Crippen MR) is 87.7 cm³/mol. The largest absolute Gasteiger partial charge is 0.482 e. The topological polar surface area (TPSA) is 32.8 Å². The van der Waals surface area contributed by atoms with Gasteiger partial charge >= 0.3 is 0 Å². The Balaban J connectivity index is 1.57. The van der Waals surface area contributed by atoms with Crippen LogP contribution in [0.2, 0.25) is 10.0 Å². The van der Waals surface area contributed by atoms with Crippen LogP contribution in [0.15, 0.2) is 18.2 Å². The van der Waals surface area contributed by atoms with Gasteiger partial charge in [0.15, 0.2) is 6.61 Å². The molecule has 1 aromatic carbocycles. The summed E-state index contributed by atoms with van der Waals surface area (Å²) in [6.07, 6.45) is 3.46. The summed E-state index contributed by atoms with van der Waals surface area (Å²) in [5, 5.41) is 0.982. The molecule has 0 aromatic heterocycles. The molecule has 120 valence electrons. The molecule has 1 aromatic rings. The second-order valence-corrected chi connectivity index (χ2v) is 6.73. The van der Waals surface area contributed by atoms with Crippen molar-refractivity contribution in [3.8, 4) is 5.75 Å². The van der Waals surface area contributed by atoms with Gasteiger partial charge in [-0.25, -0.2) is 0 Å². The minimum atomic E-state index is 0.0219. The van der Waals surface area contributed by atoms with Crippen LogP contribution in [-0.2, 0) is 4.79 Å². The second-order valence-electron chi connectivity index (χ2n) is 5.89. The molecule has 2 aliphatic heterocycles. The van der Waals surface area contributed by atoms with E-state index in [-0.39, 0.29) is 12.5 Å². The van der Waals surface area contributed by atoms with Crippen molar-refractivity contribution in [3.63, 3.8) is 0 Å². The average molecular weight is 343 g/mol. The van der Waals surface area contributed by atoms with Crippen molar-refractivity contribution >= 4 is 29.1 Å². The van der Waals surface area contributed by atoms with E-state index in [4.69, 9.17) is 27.9 Å². The van der Waals surface area contributed by atoms with Crippen LogP contribution in [-0.4, -0.2) is 54.5 Å². The molecule has 1 atom stereocenters. The standard InChI is InChI=1S/C16H20Cl2N2O2/c17-12-4-5-15(14(18)9-12)22-11-16(21)20-8-2-7-19-6-1-3-13(19)10-20/h4-5,9,13H,1-3,6-8,10-11H2/t13-/m0/s1. The van der Waals surface area contributed by atoms with Gasteiger partial charge in [0, 0.05) is 30.7 Å². The van der Waals surface area contributed by atoms with Crippen molar-refractivity contribution in [2.75, 3.05) is 32.8 Å². The highest BCUT2D eigenvalue weighted by Crippen LogP contribution is 2.27. The number of benzene rings is 1. The molecule has 2 aliphatic rings. The molecule has 0 saturated carbocycles. The summed E-state index contributed by atoms with van der Waals surface area (Å²) in [5.41, 5.74) is 0. The normalized spacial score (nSPS) is 22.3. The van der Waals surface area contributed by atoms with Crippen LogP contribution < -0.4 is 4.74 Å². The molecule has 0 spiro atoms. The third kappa shape index (κ3) is 3.67. The number of carbonyl (C=O) groups is 1. The van der Waals surface area contributed by atoms with Gasteiger partial charge in [-0.05, 0) is 44.0 Å². The van der Waals surface area contributed by atoms with Crippen LogP contribution in [0.1, 0.15) is 19.3 Å². The van der Waals surface area contributed by atoms with Crippen molar-refractivity contribution in [1.82, 2.24) is 9.80 Å². The summed E-state index contributed by atoms with van der Waals surface area (Å²) >= 11 is 11.9. The van der Waals surface area contributed by atoms with E-state index in [2.05, 4.69) is 4.90 Å². The Morgan fingerprint density at radius 1 is 1.23 bits per heavy atom. The minimum absolute atomic E-state index is 0.0219. The summed E-state index contributed by atoms with van der Waals surface area (Å²) in [7, 11) is 0. The van der Waals surface area contributed by atoms with Crippen LogP contribution in [0.25, 0.3) is 0 Å². The number of fused-ring (bicyclic) bond motifs is 1. The SMILES string of the molecule is O=C(COc1ccc(Cl)cc1Cl)N1CCCN2CCC[C@H]2C1. The van der Waals surface area contributed by atoms with Crippen molar-refractivity contribution in [2.45, 2.75) is 25.3 Å². The molecule has 2 fully saturated rings. The Morgan fingerprint density at radius 2 is 2.05 bits per heavy atom. The molecule has 0 aliphatic carbocycles. The van der Waals surface area contributed by atoms with Crippen molar-refractivity contribution in [3.05, 3.63) is 28.2 Å². The van der Waals surface area contributed by atoms with Crippen molar-refractivity contribution in [1.29, 1.82) is 0 Å². The highest BCUT2D eigenvalue weighted by Gasteiger charge is 2.30. The number of halogens is 2. The lowest BCUT2D eigenvalue weighted by atomic mass is 10.2. The Kier molecular flexibility index (Phi) is 5.11. The first-order chi connectivity index (χ1) is 10.6. The molecule has 6 heteroatoms. The quantitative estimate of drug-likeness (QED) is 0.846. The predicted octanol–water partition coefficient (Wildman–Crippen LogP) is 3.07. The summed E-state index contributed by atoms with van der Waals surface area (Å²) in [6.45, 7) is 3.91. The molecular formula is C16H20Cl2N2O2. The summed E-state index contributed by atoms with van der Waals surface area (Å²) in [4.78, 5) is 16.8. The molecule has 2 saturated heterocycles. The number of rotatable bonds is 3. The summed E-state index contributed by atoms with van der Waals surface area (Å²) in [5.74, 6) is 0.525. The third-order valence-electron chi connectivity index (χ3n) is 4.40. The van der Waals surface area contributed by atoms with Gasteiger partial charge in [0.1, 0.15) is 5.75 Å².